The van der Waals surface area contributed by atoms with E-state index in [4.69, 9.17) is 0 Å². The van der Waals surface area contributed by atoms with Gasteiger partial charge in [-0.15, -0.1) is 0 Å². The Balaban J connectivity index is 0.00000225. The fourth-order valence-electron chi connectivity index (χ4n) is 3.83. The van der Waals surface area contributed by atoms with Gasteiger partial charge in [0.15, 0.2) is 6.20 Å². The summed E-state index contributed by atoms with van der Waals surface area (Å²) in [7, 11) is 0. The molecular weight excluding hydrogens is 376 g/mol. The van der Waals surface area contributed by atoms with E-state index in [0.29, 0.717) is 0 Å². The Labute approximate surface area is 160 Å². The number of benzene rings is 2. The minimum atomic E-state index is 0. The summed E-state index contributed by atoms with van der Waals surface area (Å²) in [4.78, 5) is 0. The molecule has 3 aromatic rings. The highest BCUT2D eigenvalue weighted by Gasteiger charge is 2.21. The molecule has 0 fully saturated rings. The first-order valence-corrected chi connectivity index (χ1v) is 8.27. The number of halogens is 1. The van der Waals surface area contributed by atoms with Crippen LogP contribution in [0.5, 0.6) is 5.88 Å². The molecule has 0 aliphatic carbocycles. The standard InChI is InChI=1S/C21H24N2O.BrH/c1-13-7-15(3)20(16(4)8-13)22-11-19(24)23(12-22)21-17(5)9-14(2)10-18(21)6;/h7-12H,1-6H3;1H. The second-order valence-corrected chi connectivity index (χ2v) is 6.87. The first-order valence-electron chi connectivity index (χ1n) is 8.27. The average molecular weight is 401 g/mol. The lowest BCUT2D eigenvalue weighted by Gasteiger charge is -2.08. The van der Waals surface area contributed by atoms with Crippen molar-refractivity contribution in [2.75, 3.05) is 0 Å². The normalized spacial score (nSPS) is 10.6. The van der Waals surface area contributed by atoms with Crippen LogP contribution in [0.3, 0.4) is 0 Å². The highest BCUT2D eigenvalue weighted by molar-refractivity contribution is 5.51. The van der Waals surface area contributed by atoms with Crippen molar-refractivity contribution >= 4 is 0 Å². The predicted molar refractivity (Wildman–Crippen MR) is 97.4 cm³/mol. The van der Waals surface area contributed by atoms with Crippen LogP contribution in [0.4, 0.5) is 0 Å². The maximum atomic E-state index is 10.5. The van der Waals surface area contributed by atoms with Crippen molar-refractivity contribution in [3.05, 3.63) is 70.2 Å². The van der Waals surface area contributed by atoms with Gasteiger partial charge in [-0.2, -0.15) is 9.13 Å². The summed E-state index contributed by atoms with van der Waals surface area (Å²) >= 11 is 0. The molecule has 0 amide bonds. The monoisotopic (exact) mass is 400 g/mol. The number of rotatable bonds is 2. The minimum Gasteiger partial charge on any atom is -1.00 e. The molecular formula is C21H25BrN2O. The molecule has 4 heteroatoms. The third-order valence-electron chi connectivity index (χ3n) is 4.51. The SMILES string of the molecule is Cc1cc(C)c(-n2c[n+](-c3c(C)cc(C)cc3C)cc2O)c(C)c1.[Br-]. The van der Waals surface area contributed by atoms with Crippen molar-refractivity contribution in [2.24, 2.45) is 0 Å². The molecule has 0 unspecified atom stereocenters. The number of aryl methyl sites for hydroxylation is 6. The number of hydrogen-bond acceptors (Lipinski definition) is 1. The lowest BCUT2D eigenvalue weighted by molar-refractivity contribution is -0.595. The van der Waals surface area contributed by atoms with Gasteiger partial charge in [0, 0.05) is 0 Å². The second-order valence-electron chi connectivity index (χ2n) is 6.87. The summed E-state index contributed by atoms with van der Waals surface area (Å²) in [5, 5.41) is 10.5. The van der Waals surface area contributed by atoms with Crippen LogP contribution in [0.15, 0.2) is 36.8 Å². The lowest BCUT2D eigenvalue weighted by atomic mass is 10.0. The van der Waals surface area contributed by atoms with E-state index in [1.54, 1.807) is 6.20 Å². The van der Waals surface area contributed by atoms with Gasteiger partial charge in [0.1, 0.15) is 11.4 Å². The predicted octanol–water partition coefficient (Wildman–Crippen LogP) is 1.31. The molecule has 0 atom stereocenters. The second kappa shape index (κ2) is 7.04. The van der Waals surface area contributed by atoms with Gasteiger partial charge in [-0.05, 0) is 63.8 Å². The Morgan fingerprint density at radius 2 is 1.20 bits per heavy atom. The van der Waals surface area contributed by atoms with E-state index in [9.17, 15) is 5.11 Å². The van der Waals surface area contributed by atoms with Crippen LogP contribution in [-0.2, 0) is 0 Å². The zero-order valence-electron chi connectivity index (χ0n) is 15.7. The van der Waals surface area contributed by atoms with Crippen molar-refractivity contribution in [1.29, 1.82) is 0 Å². The largest absolute Gasteiger partial charge is 1.00 e. The number of aromatic hydroxyl groups is 1. The van der Waals surface area contributed by atoms with Crippen molar-refractivity contribution in [3.8, 4) is 17.3 Å². The molecule has 3 nitrogen and oxygen atoms in total. The van der Waals surface area contributed by atoms with E-state index in [-0.39, 0.29) is 22.9 Å². The molecule has 0 saturated carbocycles. The molecule has 1 N–H and O–H groups in total. The van der Waals surface area contributed by atoms with Crippen molar-refractivity contribution < 1.29 is 26.7 Å². The van der Waals surface area contributed by atoms with Gasteiger partial charge in [-0.25, -0.2) is 0 Å². The quantitative estimate of drug-likeness (QED) is 0.645. The van der Waals surface area contributed by atoms with Gasteiger partial charge < -0.3 is 22.1 Å². The molecule has 0 aliphatic rings. The zero-order valence-corrected chi connectivity index (χ0v) is 17.3. The first-order chi connectivity index (χ1) is 11.3. The van der Waals surface area contributed by atoms with Crippen LogP contribution in [-0.4, -0.2) is 9.67 Å². The van der Waals surface area contributed by atoms with Crippen LogP contribution < -0.4 is 21.5 Å². The zero-order chi connectivity index (χ0) is 17.6. The topological polar surface area (TPSA) is 29.0 Å². The van der Waals surface area contributed by atoms with Gasteiger partial charge >= 0.3 is 5.88 Å². The molecule has 0 bridgehead atoms. The van der Waals surface area contributed by atoms with Gasteiger partial charge in [0.2, 0.25) is 0 Å². The average Bonchev–Trinajstić information content (AvgIpc) is 2.78. The Morgan fingerprint density at radius 1 is 0.760 bits per heavy atom. The molecule has 1 aromatic heterocycles. The minimum absolute atomic E-state index is 0. The maximum absolute atomic E-state index is 10.5. The molecule has 0 radical (unpaired) electrons. The Kier molecular flexibility index (Phi) is 5.43. The fraction of sp³-hybridized carbons (Fsp3) is 0.286. The van der Waals surface area contributed by atoms with E-state index < -0.39 is 0 Å². The van der Waals surface area contributed by atoms with E-state index >= 15 is 0 Å². The number of aromatic nitrogens is 2. The summed E-state index contributed by atoms with van der Waals surface area (Å²) in [6.07, 6.45) is 3.74. The summed E-state index contributed by atoms with van der Waals surface area (Å²) in [5.41, 5.74) is 9.36. The van der Waals surface area contributed by atoms with Gasteiger partial charge in [0.05, 0.1) is 0 Å². The Bertz CT molecular complexity index is 895. The van der Waals surface area contributed by atoms with Crippen molar-refractivity contribution in [1.82, 2.24) is 4.57 Å². The molecule has 3 rings (SSSR count). The molecule has 2 aromatic carbocycles. The third-order valence-corrected chi connectivity index (χ3v) is 4.51. The van der Waals surface area contributed by atoms with Gasteiger partial charge in [-0.3, -0.25) is 0 Å². The van der Waals surface area contributed by atoms with Gasteiger partial charge in [0.25, 0.3) is 6.33 Å². The van der Waals surface area contributed by atoms with Crippen molar-refractivity contribution in [2.45, 2.75) is 41.5 Å². The number of hydrogen-bond donors (Lipinski definition) is 1. The van der Waals surface area contributed by atoms with Crippen LogP contribution in [0.1, 0.15) is 33.4 Å². The highest BCUT2D eigenvalue weighted by atomic mass is 79.9. The van der Waals surface area contributed by atoms with E-state index in [1.165, 1.54) is 22.3 Å². The van der Waals surface area contributed by atoms with Crippen molar-refractivity contribution in [3.63, 3.8) is 0 Å². The lowest BCUT2D eigenvalue weighted by Crippen LogP contribution is -3.00. The summed E-state index contributed by atoms with van der Waals surface area (Å²) in [5.74, 6) is 0.240. The molecule has 1 heterocycles. The number of imidazole rings is 1. The smallest absolute Gasteiger partial charge is 0.327 e. The maximum Gasteiger partial charge on any atom is 0.327 e. The van der Waals surface area contributed by atoms with E-state index in [1.807, 2.05) is 15.5 Å². The van der Waals surface area contributed by atoms with E-state index in [2.05, 4.69) is 65.8 Å². The molecule has 0 spiro atoms. The fourth-order valence-corrected chi connectivity index (χ4v) is 3.83. The molecule has 132 valence electrons. The molecule has 25 heavy (non-hydrogen) atoms. The molecule has 0 saturated heterocycles. The third kappa shape index (κ3) is 3.49. The Hall–Kier alpha value is -2.07. The number of nitrogens with zero attached hydrogens (tertiary/aromatic N) is 2. The first kappa shape index (κ1) is 19.3. The summed E-state index contributed by atoms with van der Waals surface area (Å²) in [6.45, 7) is 12.6. The van der Waals surface area contributed by atoms with Crippen LogP contribution in [0, 0.1) is 41.5 Å². The molecule has 0 aliphatic heterocycles. The van der Waals surface area contributed by atoms with Crippen LogP contribution in [0.2, 0.25) is 0 Å². The van der Waals surface area contributed by atoms with Gasteiger partial charge in [-0.1, -0.05) is 35.4 Å². The summed E-state index contributed by atoms with van der Waals surface area (Å²) in [6, 6.07) is 8.64. The van der Waals surface area contributed by atoms with Crippen LogP contribution >= 0.6 is 0 Å². The highest BCUT2D eigenvalue weighted by Crippen LogP contribution is 2.25. The van der Waals surface area contributed by atoms with E-state index in [0.717, 1.165) is 22.5 Å². The summed E-state index contributed by atoms with van der Waals surface area (Å²) < 4.78 is 3.88. The Morgan fingerprint density at radius 3 is 1.68 bits per heavy atom. The van der Waals surface area contributed by atoms with Crippen LogP contribution in [0.25, 0.3) is 11.4 Å².